The number of carbonyl (C=O) groups excluding carboxylic acids is 2. The summed E-state index contributed by atoms with van der Waals surface area (Å²) in [5.74, 6) is 2.43. The van der Waals surface area contributed by atoms with Gasteiger partial charge in [0.1, 0.15) is 0 Å². The monoisotopic (exact) mass is 520 g/mol. The molecule has 1 unspecified atom stereocenters. The Morgan fingerprint density at radius 3 is 2.43 bits per heavy atom. The Morgan fingerprint density at radius 2 is 1.76 bits per heavy atom. The molecule has 4 fully saturated rings. The number of nitrogens with zero attached hydrogens (tertiary/aromatic N) is 2. The molecule has 1 aromatic carbocycles. The first-order chi connectivity index (χ1) is 18.0. The number of amides is 2. The molecule has 4 saturated carbocycles. The van der Waals surface area contributed by atoms with Gasteiger partial charge in [0.2, 0.25) is 11.8 Å². The average molecular weight is 521 g/mol. The fraction of sp³-hybridized carbons (Fsp3) is 0.613. The van der Waals surface area contributed by atoms with Crippen molar-refractivity contribution in [1.82, 2.24) is 9.80 Å². The molecule has 6 heteroatoms. The van der Waals surface area contributed by atoms with Crippen molar-refractivity contribution >= 4 is 23.2 Å². The summed E-state index contributed by atoms with van der Waals surface area (Å²) in [5.41, 5.74) is 3.40. The summed E-state index contributed by atoms with van der Waals surface area (Å²) in [7, 11) is 1.70. The summed E-state index contributed by atoms with van der Waals surface area (Å²) in [5, 5.41) is 2.15. The Balaban J connectivity index is 1.27. The maximum absolute atomic E-state index is 14.3. The smallest absolute Gasteiger partial charge is 0.242 e. The fourth-order valence-corrected chi connectivity index (χ4v) is 9.33. The Labute approximate surface area is 225 Å². The molecule has 0 radical (unpaired) electrons. The molecule has 2 aromatic rings. The van der Waals surface area contributed by atoms with Crippen LogP contribution < -0.4 is 0 Å². The van der Waals surface area contributed by atoms with Gasteiger partial charge in [-0.1, -0.05) is 24.3 Å². The van der Waals surface area contributed by atoms with E-state index in [0.29, 0.717) is 37.5 Å². The molecule has 4 bridgehead atoms. The zero-order valence-corrected chi connectivity index (χ0v) is 23.1. The topological polar surface area (TPSA) is 49.9 Å². The van der Waals surface area contributed by atoms with Crippen molar-refractivity contribution < 1.29 is 14.3 Å². The average Bonchev–Trinajstić information content (AvgIpc) is 3.36. The highest BCUT2D eigenvalue weighted by Crippen LogP contribution is 2.60. The number of ether oxygens (including phenoxy) is 1. The number of rotatable bonds is 8. The zero-order chi connectivity index (χ0) is 25.6. The predicted molar refractivity (Wildman–Crippen MR) is 146 cm³/mol. The number of thiophene rings is 1. The fourth-order valence-electron chi connectivity index (χ4n) is 8.43. The third kappa shape index (κ3) is 4.65. The number of benzene rings is 1. The van der Waals surface area contributed by atoms with E-state index in [-0.39, 0.29) is 29.8 Å². The molecule has 2 heterocycles. The first-order valence-electron chi connectivity index (χ1n) is 14.2. The van der Waals surface area contributed by atoms with Crippen LogP contribution in [0.15, 0.2) is 35.7 Å². The molecule has 0 N–H and O–H groups in total. The SMILES string of the molecule is COCCCN(CC(=O)N1CCc2sccc2C1c1ccccc1C)C(=O)C12CC3CC(CC(C3)C1)C2. The molecule has 5 aliphatic rings. The normalized spacial score (nSPS) is 29.8. The first kappa shape index (κ1) is 25.1. The van der Waals surface area contributed by atoms with Gasteiger partial charge in [0.25, 0.3) is 0 Å². The number of aryl methyl sites for hydroxylation is 1. The highest BCUT2D eigenvalue weighted by molar-refractivity contribution is 7.10. The summed E-state index contributed by atoms with van der Waals surface area (Å²) >= 11 is 1.79. The number of carbonyl (C=O) groups is 2. The molecular weight excluding hydrogens is 480 g/mol. The second-order valence-electron chi connectivity index (χ2n) is 12.2. The van der Waals surface area contributed by atoms with Gasteiger partial charge in [0.05, 0.1) is 18.0 Å². The molecule has 0 spiro atoms. The molecule has 0 saturated heterocycles. The van der Waals surface area contributed by atoms with E-state index < -0.39 is 0 Å². The molecule has 1 aliphatic heterocycles. The summed E-state index contributed by atoms with van der Waals surface area (Å²) < 4.78 is 5.33. The summed E-state index contributed by atoms with van der Waals surface area (Å²) in [6.07, 6.45) is 8.66. The number of fused-ring (bicyclic) bond motifs is 1. The minimum absolute atomic E-state index is 0.0700. The second kappa shape index (κ2) is 10.2. The third-order valence-electron chi connectivity index (χ3n) is 9.65. The van der Waals surface area contributed by atoms with Crippen molar-refractivity contribution in [1.29, 1.82) is 0 Å². The maximum atomic E-state index is 14.3. The van der Waals surface area contributed by atoms with Crippen LogP contribution in [0, 0.1) is 30.1 Å². The van der Waals surface area contributed by atoms with Crippen molar-refractivity contribution in [2.24, 2.45) is 23.2 Å². The van der Waals surface area contributed by atoms with Gasteiger partial charge in [0, 0.05) is 31.7 Å². The van der Waals surface area contributed by atoms with Crippen LogP contribution in [0.4, 0.5) is 0 Å². The van der Waals surface area contributed by atoms with Crippen molar-refractivity contribution in [2.45, 2.75) is 64.3 Å². The van der Waals surface area contributed by atoms with Crippen molar-refractivity contribution in [2.75, 3.05) is 33.4 Å². The lowest BCUT2D eigenvalue weighted by atomic mass is 9.49. The van der Waals surface area contributed by atoms with Gasteiger partial charge in [-0.05, 0) is 104 Å². The van der Waals surface area contributed by atoms with Gasteiger partial charge in [0.15, 0.2) is 0 Å². The third-order valence-corrected chi connectivity index (χ3v) is 10.6. The van der Waals surface area contributed by atoms with Crippen LogP contribution in [0.25, 0.3) is 0 Å². The highest BCUT2D eigenvalue weighted by atomic mass is 32.1. The van der Waals surface area contributed by atoms with Gasteiger partial charge in [-0.15, -0.1) is 11.3 Å². The van der Waals surface area contributed by atoms with Crippen LogP contribution >= 0.6 is 11.3 Å². The van der Waals surface area contributed by atoms with E-state index in [2.05, 4.69) is 42.6 Å². The Hall–Kier alpha value is -2.18. The molecule has 1 atom stereocenters. The lowest BCUT2D eigenvalue weighted by molar-refractivity contribution is -0.160. The highest BCUT2D eigenvalue weighted by Gasteiger charge is 2.55. The maximum Gasteiger partial charge on any atom is 0.242 e. The number of hydrogen-bond acceptors (Lipinski definition) is 4. The molecule has 4 aliphatic carbocycles. The van der Waals surface area contributed by atoms with Crippen molar-refractivity contribution in [3.05, 3.63) is 57.3 Å². The molecular formula is C31H40N2O3S. The van der Waals surface area contributed by atoms with Crippen LogP contribution in [-0.4, -0.2) is 55.0 Å². The van der Waals surface area contributed by atoms with E-state index in [9.17, 15) is 9.59 Å². The van der Waals surface area contributed by atoms with Gasteiger partial charge in [-0.25, -0.2) is 0 Å². The van der Waals surface area contributed by atoms with E-state index in [1.54, 1.807) is 18.4 Å². The Morgan fingerprint density at radius 1 is 1.05 bits per heavy atom. The van der Waals surface area contributed by atoms with Crippen LogP contribution in [-0.2, 0) is 20.7 Å². The van der Waals surface area contributed by atoms with Gasteiger partial charge < -0.3 is 14.5 Å². The standard InChI is InChI=1S/C31H40N2O3S/c1-21-6-3-4-7-25(21)29-26-9-13-37-27(26)8-11-33(29)28(34)20-32(10-5-12-36-2)30(35)31-17-22-14-23(18-31)16-24(15-22)19-31/h3-4,6-7,9,13,22-24,29H,5,8,10-12,14-20H2,1-2H3. The van der Waals surface area contributed by atoms with Gasteiger partial charge >= 0.3 is 0 Å². The van der Waals surface area contributed by atoms with E-state index >= 15 is 0 Å². The van der Waals surface area contributed by atoms with E-state index in [4.69, 9.17) is 4.74 Å². The van der Waals surface area contributed by atoms with E-state index in [1.165, 1.54) is 40.8 Å². The van der Waals surface area contributed by atoms with Crippen LogP contribution in [0.3, 0.4) is 0 Å². The van der Waals surface area contributed by atoms with Crippen molar-refractivity contribution in [3.63, 3.8) is 0 Å². The molecule has 2 amide bonds. The van der Waals surface area contributed by atoms with Crippen molar-refractivity contribution in [3.8, 4) is 0 Å². The molecule has 198 valence electrons. The number of hydrogen-bond donors (Lipinski definition) is 0. The molecule has 7 rings (SSSR count). The lowest BCUT2D eigenvalue weighted by Gasteiger charge is -2.56. The molecule has 37 heavy (non-hydrogen) atoms. The molecule has 1 aromatic heterocycles. The summed E-state index contributed by atoms with van der Waals surface area (Å²) in [6, 6.07) is 10.5. The predicted octanol–water partition coefficient (Wildman–Crippen LogP) is 5.61. The Kier molecular flexibility index (Phi) is 6.91. The lowest BCUT2D eigenvalue weighted by Crippen LogP contribution is -2.56. The van der Waals surface area contributed by atoms with Crippen LogP contribution in [0.2, 0.25) is 0 Å². The van der Waals surface area contributed by atoms with Crippen LogP contribution in [0.5, 0.6) is 0 Å². The summed E-state index contributed by atoms with van der Waals surface area (Å²) in [4.78, 5) is 33.7. The second-order valence-corrected chi connectivity index (χ2v) is 13.2. The van der Waals surface area contributed by atoms with E-state index in [1.807, 2.05) is 9.80 Å². The Bertz CT molecular complexity index is 1120. The quantitative estimate of drug-likeness (QED) is 0.425. The molecule has 5 nitrogen and oxygen atoms in total. The number of methoxy groups -OCH3 is 1. The van der Waals surface area contributed by atoms with Crippen LogP contribution in [0.1, 0.15) is 72.6 Å². The first-order valence-corrected chi connectivity index (χ1v) is 15.0. The van der Waals surface area contributed by atoms with Gasteiger partial charge in [-0.3, -0.25) is 9.59 Å². The van der Waals surface area contributed by atoms with E-state index in [0.717, 1.165) is 32.1 Å². The minimum Gasteiger partial charge on any atom is -0.385 e. The largest absolute Gasteiger partial charge is 0.385 e. The zero-order valence-electron chi connectivity index (χ0n) is 22.3. The summed E-state index contributed by atoms with van der Waals surface area (Å²) in [6.45, 7) is 4.20. The van der Waals surface area contributed by atoms with Gasteiger partial charge in [-0.2, -0.15) is 0 Å². The minimum atomic E-state index is -0.236.